The van der Waals surface area contributed by atoms with Gasteiger partial charge in [0.15, 0.2) is 6.61 Å². The average Bonchev–Trinajstić information content (AvgIpc) is 2.70. The topological polar surface area (TPSA) is 84.6 Å². The molecule has 96 valence electrons. The molecule has 0 saturated heterocycles. The van der Waals surface area contributed by atoms with Crippen LogP contribution >= 0.6 is 0 Å². The van der Waals surface area contributed by atoms with E-state index in [4.69, 9.17) is 14.4 Å². The van der Waals surface area contributed by atoms with Gasteiger partial charge in [0.1, 0.15) is 5.76 Å². The first-order chi connectivity index (χ1) is 8.11. The molecule has 0 bridgehead atoms. The number of carbonyl (C=O) groups is 1. The van der Waals surface area contributed by atoms with Gasteiger partial charge in [-0.3, -0.25) is 4.79 Å². The third-order valence-corrected chi connectivity index (χ3v) is 2.16. The maximum absolute atomic E-state index is 11.4. The Morgan fingerprint density at radius 2 is 2.47 bits per heavy atom. The fourth-order valence-corrected chi connectivity index (χ4v) is 1.34. The quantitative estimate of drug-likeness (QED) is 0.733. The monoisotopic (exact) mass is 242 g/mol. The van der Waals surface area contributed by atoms with Crippen LogP contribution in [0.25, 0.3) is 0 Å². The molecular formula is C11H18N2O4. The molecule has 0 fully saturated rings. The third-order valence-electron chi connectivity index (χ3n) is 2.16. The minimum Gasteiger partial charge on any atom is -0.465 e. The second-order valence-corrected chi connectivity index (χ2v) is 3.90. The molecule has 1 atom stereocenters. The number of nitrogens with one attached hydrogen (secondary N) is 1. The predicted octanol–water partition coefficient (Wildman–Crippen LogP) is 0.639. The molecule has 0 aliphatic rings. The van der Waals surface area contributed by atoms with Crippen LogP contribution in [0.1, 0.15) is 25.5 Å². The Labute approximate surface area is 99.9 Å². The van der Waals surface area contributed by atoms with Crippen LogP contribution in [-0.4, -0.2) is 35.4 Å². The SMILES string of the molecule is Cc1cc(OCC(=O)NC(C)CCCO)no1. The van der Waals surface area contributed by atoms with Gasteiger partial charge in [-0.1, -0.05) is 0 Å². The van der Waals surface area contributed by atoms with Gasteiger partial charge in [-0.25, -0.2) is 0 Å². The maximum atomic E-state index is 11.4. The van der Waals surface area contributed by atoms with Crippen LogP contribution in [0.2, 0.25) is 0 Å². The summed E-state index contributed by atoms with van der Waals surface area (Å²) in [5, 5.41) is 15.0. The zero-order chi connectivity index (χ0) is 12.7. The number of ether oxygens (including phenoxy) is 1. The second kappa shape index (κ2) is 6.90. The van der Waals surface area contributed by atoms with E-state index in [1.165, 1.54) is 0 Å². The molecular weight excluding hydrogens is 224 g/mol. The van der Waals surface area contributed by atoms with Crippen molar-refractivity contribution in [2.24, 2.45) is 0 Å². The van der Waals surface area contributed by atoms with Crippen molar-refractivity contribution in [1.29, 1.82) is 0 Å². The average molecular weight is 242 g/mol. The standard InChI is InChI=1S/C11H18N2O4/c1-8(4-3-5-14)12-10(15)7-16-11-6-9(2)17-13-11/h6,8,14H,3-5,7H2,1-2H3,(H,12,15). The summed E-state index contributed by atoms with van der Waals surface area (Å²) in [4.78, 5) is 11.4. The Morgan fingerprint density at radius 3 is 3.06 bits per heavy atom. The maximum Gasteiger partial charge on any atom is 0.258 e. The Bertz CT molecular complexity index is 351. The first-order valence-corrected chi connectivity index (χ1v) is 5.58. The lowest BCUT2D eigenvalue weighted by atomic mass is 10.2. The molecule has 1 rings (SSSR count). The number of hydrogen-bond acceptors (Lipinski definition) is 5. The number of rotatable bonds is 7. The smallest absolute Gasteiger partial charge is 0.258 e. The van der Waals surface area contributed by atoms with Gasteiger partial charge in [-0.15, -0.1) is 0 Å². The molecule has 1 amide bonds. The first kappa shape index (κ1) is 13.5. The van der Waals surface area contributed by atoms with Crippen molar-refractivity contribution in [2.45, 2.75) is 32.7 Å². The summed E-state index contributed by atoms with van der Waals surface area (Å²) in [6.45, 7) is 3.68. The van der Waals surface area contributed by atoms with Crippen molar-refractivity contribution in [3.05, 3.63) is 11.8 Å². The van der Waals surface area contributed by atoms with Gasteiger partial charge < -0.3 is 19.7 Å². The fourth-order valence-electron chi connectivity index (χ4n) is 1.34. The number of carbonyl (C=O) groups excluding carboxylic acids is 1. The van der Waals surface area contributed by atoms with Crippen molar-refractivity contribution < 1.29 is 19.2 Å². The minimum absolute atomic E-state index is 0.0253. The molecule has 0 aliphatic heterocycles. The van der Waals surface area contributed by atoms with Crippen LogP contribution in [-0.2, 0) is 4.79 Å². The lowest BCUT2D eigenvalue weighted by Gasteiger charge is -2.12. The van der Waals surface area contributed by atoms with Crippen LogP contribution in [0.15, 0.2) is 10.6 Å². The van der Waals surface area contributed by atoms with E-state index >= 15 is 0 Å². The first-order valence-electron chi connectivity index (χ1n) is 5.58. The van der Waals surface area contributed by atoms with Crippen LogP contribution in [0.5, 0.6) is 5.88 Å². The number of nitrogens with zero attached hydrogens (tertiary/aromatic N) is 1. The minimum atomic E-state index is -0.212. The van der Waals surface area contributed by atoms with E-state index in [1.54, 1.807) is 13.0 Å². The van der Waals surface area contributed by atoms with Crippen LogP contribution < -0.4 is 10.1 Å². The van der Waals surface area contributed by atoms with Crippen LogP contribution in [0.4, 0.5) is 0 Å². The Morgan fingerprint density at radius 1 is 1.71 bits per heavy atom. The Kier molecular flexibility index (Phi) is 5.48. The van der Waals surface area contributed by atoms with E-state index in [0.717, 1.165) is 6.42 Å². The van der Waals surface area contributed by atoms with Gasteiger partial charge >= 0.3 is 0 Å². The van der Waals surface area contributed by atoms with Crippen molar-refractivity contribution in [3.8, 4) is 5.88 Å². The Balaban J connectivity index is 2.21. The zero-order valence-electron chi connectivity index (χ0n) is 10.1. The van der Waals surface area contributed by atoms with Crippen molar-refractivity contribution in [3.63, 3.8) is 0 Å². The number of aromatic nitrogens is 1. The summed E-state index contributed by atoms with van der Waals surface area (Å²) in [5.74, 6) is 0.730. The fraction of sp³-hybridized carbons (Fsp3) is 0.636. The summed E-state index contributed by atoms with van der Waals surface area (Å²) in [6, 6.07) is 1.64. The lowest BCUT2D eigenvalue weighted by molar-refractivity contribution is -0.123. The molecule has 0 aromatic carbocycles. The Hall–Kier alpha value is -1.56. The zero-order valence-corrected chi connectivity index (χ0v) is 10.1. The van der Waals surface area contributed by atoms with E-state index in [-0.39, 0.29) is 25.2 Å². The van der Waals surface area contributed by atoms with E-state index in [9.17, 15) is 4.79 Å². The van der Waals surface area contributed by atoms with Crippen LogP contribution in [0, 0.1) is 6.92 Å². The summed E-state index contributed by atoms with van der Waals surface area (Å²) in [6.07, 6.45) is 1.41. The highest BCUT2D eigenvalue weighted by Crippen LogP contribution is 2.09. The van der Waals surface area contributed by atoms with Gasteiger partial charge in [-0.05, 0) is 31.8 Å². The molecule has 0 radical (unpaired) electrons. The largest absolute Gasteiger partial charge is 0.465 e. The number of amides is 1. The molecule has 0 aliphatic carbocycles. The highest BCUT2D eigenvalue weighted by molar-refractivity contribution is 5.77. The molecule has 1 heterocycles. The molecule has 1 unspecified atom stereocenters. The summed E-state index contributed by atoms with van der Waals surface area (Å²) < 4.78 is 9.92. The molecule has 17 heavy (non-hydrogen) atoms. The summed E-state index contributed by atoms with van der Waals surface area (Å²) in [7, 11) is 0. The highest BCUT2D eigenvalue weighted by Gasteiger charge is 2.09. The molecule has 1 aromatic rings. The summed E-state index contributed by atoms with van der Waals surface area (Å²) >= 11 is 0. The predicted molar refractivity (Wildman–Crippen MR) is 60.7 cm³/mol. The third kappa shape index (κ3) is 5.35. The highest BCUT2D eigenvalue weighted by atomic mass is 16.5. The second-order valence-electron chi connectivity index (χ2n) is 3.90. The van der Waals surface area contributed by atoms with Gasteiger partial charge in [0.2, 0.25) is 0 Å². The molecule has 0 saturated carbocycles. The number of aryl methyl sites for hydroxylation is 1. The molecule has 1 aromatic heterocycles. The van der Waals surface area contributed by atoms with Gasteiger partial charge in [0.05, 0.1) is 0 Å². The number of hydrogen-bond donors (Lipinski definition) is 2. The molecule has 2 N–H and O–H groups in total. The van der Waals surface area contributed by atoms with Gasteiger partial charge in [0.25, 0.3) is 11.8 Å². The number of aliphatic hydroxyl groups excluding tert-OH is 1. The van der Waals surface area contributed by atoms with Crippen molar-refractivity contribution >= 4 is 5.91 Å². The van der Waals surface area contributed by atoms with E-state index in [2.05, 4.69) is 10.5 Å². The number of aliphatic hydroxyl groups is 1. The van der Waals surface area contributed by atoms with Gasteiger partial charge in [-0.2, -0.15) is 0 Å². The summed E-state index contributed by atoms with van der Waals surface area (Å²) in [5.41, 5.74) is 0. The lowest BCUT2D eigenvalue weighted by Crippen LogP contribution is -2.36. The van der Waals surface area contributed by atoms with E-state index < -0.39 is 0 Å². The van der Waals surface area contributed by atoms with Crippen LogP contribution in [0.3, 0.4) is 0 Å². The van der Waals surface area contributed by atoms with Crippen molar-refractivity contribution in [1.82, 2.24) is 10.5 Å². The molecule has 6 nitrogen and oxygen atoms in total. The van der Waals surface area contributed by atoms with E-state index in [0.29, 0.717) is 18.1 Å². The molecule has 6 heteroatoms. The van der Waals surface area contributed by atoms with Crippen molar-refractivity contribution in [2.75, 3.05) is 13.2 Å². The van der Waals surface area contributed by atoms with Gasteiger partial charge in [0, 0.05) is 18.7 Å². The molecule has 0 spiro atoms. The van der Waals surface area contributed by atoms with E-state index in [1.807, 2.05) is 6.92 Å². The normalized spacial score (nSPS) is 12.2.